The highest BCUT2D eigenvalue weighted by atomic mass is 32.2. The first-order valence-electron chi connectivity index (χ1n) is 13.3. The van der Waals surface area contributed by atoms with Crippen LogP contribution in [0.15, 0.2) is 12.1 Å². The van der Waals surface area contributed by atoms with Crippen molar-refractivity contribution in [2.75, 3.05) is 45.5 Å². The van der Waals surface area contributed by atoms with Gasteiger partial charge in [0.2, 0.25) is 0 Å². The minimum Gasteiger partial charge on any atom is -0.493 e. The van der Waals surface area contributed by atoms with Gasteiger partial charge < -0.3 is 14.2 Å². The van der Waals surface area contributed by atoms with Crippen LogP contribution in [0.1, 0.15) is 76.0 Å². The van der Waals surface area contributed by atoms with Gasteiger partial charge in [-0.3, -0.25) is 14.1 Å². The van der Waals surface area contributed by atoms with Crippen LogP contribution in [0.2, 0.25) is 0 Å². The molecule has 5 nitrogen and oxygen atoms in total. The van der Waals surface area contributed by atoms with E-state index in [1.807, 2.05) is 13.8 Å². The number of fused-ring (bicyclic) bond motifs is 3. The summed E-state index contributed by atoms with van der Waals surface area (Å²) in [6.07, 6.45) is 8.85. The number of carbonyl (C=O) groups excluding carboxylic acids is 1. The van der Waals surface area contributed by atoms with E-state index in [9.17, 15) is 9.18 Å². The normalized spacial score (nSPS) is 20.2. The number of nitrogens with zero attached hydrogens (tertiary/aromatic N) is 1. The zero-order valence-corrected chi connectivity index (χ0v) is 27.3. The lowest BCUT2D eigenvalue weighted by molar-refractivity contribution is -0.161. The van der Waals surface area contributed by atoms with E-state index in [-0.39, 0.29) is 71.2 Å². The van der Waals surface area contributed by atoms with Crippen LogP contribution in [0.3, 0.4) is 0 Å². The number of hydrogen-bond acceptors (Lipinski definition) is 6. The molecule has 0 aromatic heterocycles. The Bertz CT molecular complexity index is 817. The third-order valence-electron chi connectivity index (χ3n) is 7.39. The summed E-state index contributed by atoms with van der Waals surface area (Å²) >= 11 is 1.71. The fourth-order valence-corrected chi connectivity index (χ4v) is 6.13. The van der Waals surface area contributed by atoms with Crippen LogP contribution in [-0.2, 0) is 16.0 Å². The number of thioether (sulfide) groups is 1. The molecule has 3 atom stereocenters. The van der Waals surface area contributed by atoms with Crippen molar-refractivity contribution in [3.05, 3.63) is 23.3 Å². The summed E-state index contributed by atoms with van der Waals surface area (Å²) < 4.78 is 29.4. The highest BCUT2D eigenvalue weighted by molar-refractivity contribution is 7.99. The number of rotatable bonds is 14. The summed E-state index contributed by atoms with van der Waals surface area (Å²) in [5.74, 6) is 3.38. The molecule has 0 radical (unpaired) electrons. The Balaban J connectivity index is 0.00000456. The molecule has 2 aliphatic rings. The Kier molecular flexibility index (Phi) is 19.4. The van der Waals surface area contributed by atoms with Gasteiger partial charge in [-0.15, -0.1) is 0 Å². The van der Waals surface area contributed by atoms with Crippen molar-refractivity contribution in [1.29, 1.82) is 0 Å². The standard InChI is InChI=1S/C28H44FNO4S.3H2S/c1-20(2)28(31)34-25-18-24-23-17-27(33-4)26(32-3)16-21(23)11-13-30(24)19-22(25)10-8-6-5-7-9-14-35-15-12-29;;;/h16-17,20,22,24-25H,5-15,18-19H2,1-4H3;3*1H2/t22-,24-,25-;;;/m0.../s1/i29-1;;;. The average molecular weight is 611 g/mol. The van der Waals surface area contributed by atoms with Gasteiger partial charge in [0.15, 0.2) is 11.5 Å². The number of piperidine rings is 1. The molecular formula is C28H50FNO4S4. The zero-order valence-electron chi connectivity index (χ0n) is 23.5. The van der Waals surface area contributed by atoms with Crippen LogP contribution >= 0.6 is 52.2 Å². The lowest BCUT2D eigenvalue weighted by Gasteiger charge is -2.47. The second kappa shape index (κ2) is 19.6. The molecule has 10 heteroatoms. The molecular weight excluding hydrogens is 561 g/mol. The summed E-state index contributed by atoms with van der Waals surface area (Å²) in [5, 5.41) is 0. The van der Waals surface area contributed by atoms with Crippen LogP contribution in [-0.4, -0.2) is 62.5 Å². The minimum absolute atomic E-state index is 0. The van der Waals surface area contributed by atoms with Crippen LogP contribution in [0.5, 0.6) is 11.5 Å². The molecule has 222 valence electrons. The molecule has 0 spiro atoms. The minimum atomic E-state index is -0.222. The molecule has 2 heterocycles. The molecule has 0 unspecified atom stereocenters. The maximum atomic E-state index is 12.6. The van der Waals surface area contributed by atoms with Crippen molar-refractivity contribution >= 4 is 58.2 Å². The molecule has 1 saturated heterocycles. The Morgan fingerprint density at radius 1 is 1.03 bits per heavy atom. The van der Waals surface area contributed by atoms with Gasteiger partial charge in [-0.25, -0.2) is 0 Å². The first kappa shape index (κ1) is 37.6. The second-order valence-corrected chi connectivity index (χ2v) is 11.4. The van der Waals surface area contributed by atoms with Gasteiger partial charge in [-0.2, -0.15) is 52.2 Å². The number of carbonyl (C=O) groups is 1. The van der Waals surface area contributed by atoms with E-state index in [1.165, 1.54) is 36.8 Å². The molecule has 0 aliphatic carbocycles. The summed E-state index contributed by atoms with van der Waals surface area (Å²) in [6, 6.07) is 4.48. The average Bonchev–Trinajstić information content (AvgIpc) is 2.86. The molecule has 2 aliphatic heterocycles. The molecule has 0 N–H and O–H groups in total. The van der Waals surface area contributed by atoms with Crippen molar-refractivity contribution in [1.82, 2.24) is 4.90 Å². The highest BCUT2D eigenvalue weighted by Crippen LogP contribution is 2.44. The summed E-state index contributed by atoms with van der Waals surface area (Å²) in [6.45, 7) is 5.58. The molecule has 0 amide bonds. The van der Waals surface area contributed by atoms with Gasteiger partial charge in [-0.1, -0.05) is 39.5 Å². The predicted octanol–water partition coefficient (Wildman–Crippen LogP) is 6.57. The topological polar surface area (TPSA) is 48.0 Å². The number of alkyl halides is 1. The fourth-order valence-electron chi connectivity index (χ4n) is 5.41. The van der Waals surface area contributed by atoms with Gasteiger partial charge in [0, 0.05) is 37.2 Å². The van der Waals surface area contributed by atoms with Crippen molar-refractivity contribution in [3.63, 3.8) is 0 Å². The quantitative estimate of drug-likeness (QED) is 0.175. The van der Waals surface area contributed by atoms with Crippen molar-refractivity contribution in [2.24, 2.45) is 11.8 Å². The lowest BCUT2D eigenvalue weighted by atomic mass is 9.79. The maximum absolute atomic E-state index is 12.6. The summed E-state index contributed by atoms with van der Waals surface area (Å²) in [4.78, 5) is 15.2. The van der Waals surface area contributed by atoms with Gasteiger partial charge in [0.25, 0.3) is 0 Å². The van der Waals surface area contributed by atoms with Crippen LogP contribution < -0.4 is 9.47 Å². The van der Waals surface area contributed by atoms with Crippen molar-refractivity contribution < 1.29 is 23.4 Å². The van der Waals surface area contributed by atoms with Crippen LogP contribution in [0.25, 0.3) is 0 Å². The third kappa shape index (κ3) is 10.5. The Labute approximate surface area is 255 Å². The summed E-state index contributed by atoms with van der Waals surface area (Å²) in [5.41, 5.74) is 2.59. The number of halogens is 1. The predicted molar refractivity (Wildman–Crippen MR) is 173 cm³/mol. The van der Waals surface area contributed by atoms with Gasteiger partial charge in [0.1, 0.15) is 6.10 Å². The van der Waals surface area contributed by atoms with Crippen LogP contribution in [0.4, 0.5) is 4.39 Å². The van der Waals surface area contributed by atoms with E-state index in [0.29, 0.717) is 11.7 Å². The number of hydrogen-bond donors (Lipinski definition) is 0. The summed E-state index contributed by atoms with van der Waals surface area (Å²) in [7, 11) is 3.36. The van der Waals surface area contributed by atoms with E-state index in [2.05, 4.69) is 17.0 Å². The van der Waals surface area contributed by atoms with Gasteiger partial charge in [0.05, 0.1) is 26.8 Å². The molecule has 3 rings (SSSR count). The van der Waals surface area contributed by atoms with E-state index < -0.39 is 0 Å². The Morgan fingerprint density at radius 3 is 2.34 bits per heavy atom. The molecule has 0 saturated carbocycles. The van der Waals surface area contributed by atoms with E-state index in [0.717, 1.165) is 56.0 Å². The van der Waals surface area contributed by atoms with E-state index in [4.69, 9.17) is 14.2 Å². The Morgan fingerprint density at radius 2 is 1.68 bits per heavy atom. The fraction of sp³-hybridized carbons (Fsp3) is 0.750. The number of methoxy groups -OCH3 is 2. The third-order valence-corrected chi connectivity index (χ3v) is 8.41. The molecule has 0 bridgehead atoms. The van der Waals surface area contributed by atoms with Gasteiger partial charge in [-0.05, 0) is 48.3 Å². The first-order valence-corrected chi connectivity index (χ1v) is 14.5. The van der Waals surface area contributed by atoms with Crippen molar-refractivity contribution in [2.45, 2.75) is 77.4 Å². The highest BCUT2D eigenvalue weighted by Gasteiger charge is 2.41. The number of esters is 1. The number of ether oxygens (including phenoxy) is 3. The Hall–Kier alpha value is -0.420. The molecule has 1 aromatic rings. The second-order valence-electron chi connectivity index (χ2n) is 10.2. The first-order chi connectivity index (χ1) is 17.0. The molecule has 38 heavy (non-hydrogen) atoms. The van der Waals surface area contributed by atoms with E-state index in [1.54, 1.807) is 26.0 Å². The SMILES string of the molecule is COc1cc2c(cc1OC)[C@@H]1C[C@H](OC(=O)C(C)C)[C@@H](CCCCCCCSCC[18F])CN1CC2.S.S.S. The maximum Gasteiger partial charge on any atom is 0.308 e. The number of unbranched alkanes of at least 4 members (excludes halogenated alkanes) is 4. The monoisotopic (exact) mass is 610 g/mol. The zero-order chi connectivity index (χ0) is 25.2. The number of benzene rings is 1. The van der Waals surface area contributed by atoms with Crippen LogP contribution in [0, 0.1) is 11.8 Å². The van der Waals surface area contributed by atoms with Crippen molar-refractivity contribution in [3.8, 4) is 11.5 Å². The van der Waals surface area contributed by atoms with Gasteiger partial charge >= 0.3 is 5.97 Å². The molecule has 1 fully saturated rings. The smallest absolute Gasteiger partial charge is 0.308 e. The largest absolute Gasteiger partial charge is 0.493 e. The van der Waals surface area contributed by atoms with E-state index >= 15 is 0 Å². The lowest BCUT2D eigenvalue weighted by Crippen LogP contribution is -2.49. The molecule has 1 aromatic carbocycles.